The smallest absolute Gasteiger partial charge is 0.326 e. The van der Waals surface area contributed by atoms with Crippen molar-refractivity contribution in [1.29, 1.82) is 0 Å². The summed E-state index contributed by atoms with van der Waals surface area (Å²) in [4.78, 5) is 58.5. The van der Waals surface area contributed by atoms with Crippen molar-refractivity contribution in [3.63, 3.8) is 0 Å². The van der Waals surface area contributed by atoms with Gasteiger partial charge in [-0.3, -0.25) is 14.4 Å². The summed E-state index contributed by atoms with van der Waals surface area (Å²) in [6.07, 6.45) is 5.42. The monoisotopic (exact) mass is 596 g/mol. The Morgan fingerprint density at radius 1 is 0.857 bits per heavy atom. The van der Waals surface area contributed by atoms with Crippen LogP contribution in [0.1, 0.15) is 23.2 Å². The van der Waals surface area contributed by atoms with Gasteiger partial charge in [0.1, 0.15) is 23.9 Å². The number of aromatic nitrogens is 2. The maximum Gasteiger partial charge on any atom is 0.326 e. The molecule has 3 amide bonds. The van der Waals surface area contributed by atoms with Crippen molar-refractivity contribution in [2.24, 2.45) is 5.73 Å². The quantitative estimate of drug-likeness (QED) is 0.125. The fraction of sp³-hybridized carbons (Fsp3) is 0.345. The molecule has 0 radical (unpaired) electrons. The highest BCUT2D eigenvalue weighted by molar-refractivity contribution is 7.98. The molecule has 2 aromatic carbocycles. The normalized spacial score (nSPS) is 13.8. The number of hydrogen-bond donors (Lipinski definition) is 7. The van der Waals surface area contributed by atoms with Crippen molar-refractivity contribution in [1.82, 2.24) is 25.9 Å². The first kappa shape index (κ1) is 32.2. The predicted octanol–water partition coefficient (Wildman–Crippen LogP) is 0.763. The number of H-pyrrole nitrogens is 1. The van der Waals surface area contributed by atoms with Crippen LogP contribution in [-0.4, -0.2) is 80.0 Å². The zero-order chi connectivity index (χ0) is 30.5. The number of carbonyl (C=O) groups excluding carboxylic acids is 3. The lowest BCUT2D eigenvalue weighted by Crippen LogP contribution is -2.58. The van der Waals surface area contributed by atoms with E-state index in [0.717, 1.165) is 5.56 Å². The Labute approximate surface area is 247 Å². The maximum absolute atomic E-state index is 13.5. The standard InChI is InChI=1S/C29H36N6O6S/c1-42-12-11-23(27(38)35-25(29(40)41)14-19-7-9-21(36)10-8-19)33-28(39)24(13-18-5-3-2-4-6-18)34-26(37)22(30)15-20-16-31-17-32-20/h2-10,16-17,22-25,36H,11-15,30H2,1H3,(H,31,32)(H,33,39)(H,34,37)(H,35,38)(H,40,41). The first-order valence-electron chi connectivity index (χ1n) is 13.3. The van der Waals surface area contributed by atoms with Gasteiger partial charge in [-0.1, -0.05) is 42.5 Å². The first-order valence-corrected chi connectivity index (χ1v) is 14.7. The summed E-state index contributed by atoms with van der Waals surface area (Å²) in [7, 11) is 0. The van der Waals surface area contributed by atoms with Gasteiger partial charge in [-0.05, 0) is 41.7 Å². The van der Waals surface area contributed by atoms with Crippen LogP contribution in [0.15, 0.2) is 67.1 Å². The number of thioether (sulfide) groups is 1. The number of benzene rings is 2. The molecule has 0 saturated heterocycles. The van der Waals surface area contributed by atoms with Gasteiger partial charge in [0.2, 0.25) is 17.7 Å². The summed E-state index contributed by atoms with van der Waals surface area (Å²) in [5, 5.41) is 27.2. The molecule has 0 aliphatic carbocycles. The predicted molar refractivity (Wildman–Crippen MR) is 159 cm³/mol. The molecular formula is C29H36N6O6S. The number of nitrogens with zero attached hydrogens (tertiary/aromatic N) is 1. The van der Waals surface area contributed by atoms with Crippen LogP contribution in [0.2, 0.25) is 0 Å². The lowest BCUT2D eigenvalue weighted by atomic mass is 10.0. The number of carboxylic acids is 1. The molecule has 0 aliphatic rings. The lowest BCUT2D eigenvalue weighted by Gasteiger charge is -2.25. The second-order valence-electron chi connectivity index (χ2n) is 9.75. The average Bonchev–Trinajstić information content (AvgIpc) is 3.49. The molecule has 13 heteroatoms. The maximum atomic E-state index is 13.5. The molecule has 1 aromatic heterocycles. The summed E-state index contributed by atoms with van der Waals surface area (Å²) in [5.74, 6) is -2.51. The van der Waals surface area contributed by atoms with Crippen LogP contribution < -0.4 is 21.7 Å². The zero-order valence-corrected chi connectivity index (χ0v) is 24.0. The Bertz CT molecular complexity index is 1310. The molecule has 0 aliphatic heterocycles. The minimum Gasteiger partial charge on any atom is -0.508 e. The topological polar surface area (TPSA) is 200 Å². The Morgan fingerprint density at radius 3 is 2.07 bits per heavy atom. The molecule has 3 aromatic rings. The molecule has 4 unspecified atom stereocenters. The second-order valence-corrected chi connectivity index (χ2v) is 10.7. The molecule has 0 fully saturated rings. The molecule has 4 atom stereocenters. The summed E-state index contributed by atoms with van der Waals surface area (Å²) in [6, 6.07) is 10.7. The molecule has 0 saturated carbocycles. The number of nitrogens with one attached hydrogen (secondary N) is 4. The molecule has 3 rings (SSSR count). The van der Waals surface area contributed by atoms with Gasteiger partial charge < -0.3 is 36.9 Å². The van der Waals surface area contributed by atoms with Crippen LogP contribution in [0.25, 0.3) is 0 Å². The van der Waals surface area contributed by atoms with Crippen molar-refractivity contribution in [2.45, 2.75) is 49.9 Å². The molecular weight excluding hydrogens is 560 g/mol. The number of phenols is 1. The highest BCUT2D eigenvalue weighted by Gasteiger charge is 2.30. The molecule has 12 nitrogen and oxygen atoms in total. The van der Waals surface area contributed by atoms with E-state index in [2.05, 4.69) is 25.9 Å². The number of hydrogen-bond acceptors (Lipinski definition) is 8. The fourth-order valence-electron chi connectivity index (χ4n) is 4.18. The number of phenolic OH excluding ortho intramolecular Hbond substituents is 1. The van der Waals surface area contributed by atoms with E-state index in [-0.39, 0.29) is 31.4 Å². The summed E-state index contributed by atoms with van der Waals surface area (Å²) in [5.41, 5.74) is 8.14. The van der Waals surface area contributed by atoms with E-state index in [4.69, 9.17) is 5.73 Å². The SMILES string of the molecule is CSCCC(NC(=O)C(Cc1ccccc1)NC(=O)C(N)Cc1cnc[nH]1)C(=O)NC(Cc1ccc(O)cc1)C(=O)O. The number of amides is 3. The van der Waals surface area contributed by atoms with E-state index in [1.54, 1.807) is 18.3 Å². The largest absolute Gasteiger partial charge is 0.508 e. The van der Waals surface area contributed by atoms with Crippen LogP contribution in [-0.2, 0) is 38.4 Å². The zero-order valence-electron chi connectivity index (χ0n) is 23.2. The minimum absolute atomic E-state index is 0.0224. The van der Waals surface area contributed by atoms with E-state index in [9.17, 15) is 29.4 Å². The number of imidazole rings is 1. The number of carbonyl (C=O) groups is 4. The van der Waals surface area contributed by atoms with E-state index < -0.39 is 47.9 Å². The fourth-order valence-corrected chi connectivity index (χ4v) is 4.65. The third kappa shape index (κ3) is 10.2. The first-order chi connectivity index (χ1) is 20.2. The number of carboxylic acid groups (broad SMARTS) is 1. The van der Waals surface area contributed by atoms with Gasteiger partial charge in [-0.15, -0.1) is 0 Å². The molecule has 42 heavy (non-hydrogen) atoms. The van der Waals surface area contributed by atoms with E-state index in [1.807, 2.05) is 36.6 Å². The van der Waals surface area contributed by atoms with Gasteiger partial charge in [0, 0.05) is 31.2 Å². The number of nitrogens with two attached hydrogens (primary N) is 1. The Morgan fingerprint density at radius 2 is 1.45 bits per heavy atom. The second kappa shape index (κ2) is 16.2. The van der Waals surface area contributed by atoms with Gasteiger partial charge in [0.05, 0.1) is 12.4 Å². The molecule has 0 spiro atoms. The van der Waals surface area contributed by atoms with Gasteiger partial charge >= 0.3 is 5.97 Å². The van der Waals surface area contributed by atoms with Gasteiger partial charge in [-0.25, -0.2) is 9.78 Å². The number of rotatable bonds is 16. The Balaban J connectivity index is 1.74. The van der Waals surface area contributed by atoms with Crippen LogP contribution in [0.3, 0.4) is 0 Å². The van der Waals surface area contributed by atoms with Crippen molar-refractivity contribution >= 4 is 35.5 Å². The molecule has 224 valence electrons. The summed E-state index contributed by atoms with van der Waals surface area (Å²) in [6.45, 7) is 0. The van der Waals surface area contributed by atoms with Crippen molar-refractivity contribution in [3.05, 3.63) is 83.9 Å². The third-order valence-electron chi connectivity index (χ3n) is 6.48. The van der Waals surface area contributed by atoms with Gasteiger partial charge in [0.15, 0.2) is 0 Å². The minimum atomic E-state index is -1.27. The lowest BCUT2D eigenvalue weighted by molar-refractivity contribution is -0.142. The Kier molecular flexibility index (Phi) is 12.4. The highest BCUT2D eigenvalue weighted by Crippen LogP contribution is 2.12. The van der Waals surface area contributed by atoms with Crippen LogP contribution in [0, 0.1) is 0 Å². The van der Waals surface area contributed by atoms with Crippen molar-refractivity contribution in [2.75, 3.05) is 12.0 Å². The molecule has 8 N–H and O–H groups in total. The third-order valence-corrected chi connectivity index (χ3v) is 7.13. The van der Waals surface area contributed by atoms with Crippen LogP contribution in [0.4, 0.5) is 0 Å². The van der Waals surface area contributed by atoms with E-state index >= 15 is 0 Å². The van der Waals surface area contributed by atoms with Crippen LogP contribution >= 0.6 is 11.8 Å². The van der Waals surface area contributed by atoms with Gasteiger partial charge in [-0.2, -0.15) is 11.8 Å². The highest BCUT2D eigenvalue weighted by atomic mass is 32.2. The van der Waals surface area contributed by atoms with Crippen LogP contribution in [0.5, 0.6) is 5.75 Å². The average molecular weight is 597 g/mol. The summed E-state index contributed by atoms with van der Waals surface area (Å²) >= 11 is 1.47. The Hall–Kier alpha value is -4.36. The van der Waals surface area contributed by atoms with Gasteiger partial charge in [0.25, 0.3) is 0 Å². The number of aromatic amines is 1. The van der Waals surface area contributed by atoms with E-state index in [0.29, 0.717) is 17.0 Å². The summed E-state index contributed by atoms with van der Waals surface area (Å²) < 4.78 is 0. The molecule has 1 heterocycles. The number of aliphatic carboxylic acids is 1. The number of aromatic hydroxyl groups is 1. The van der Waals surface area contributed by atoms with Crippen molar-refractivity contribution in [3.8, 4) is 5.75 Å². The molecule has 0 bridgehead atoms. The van der Waals surface area contributed by atoms with E-state index in [1.165, 1.54) is 30.2 Å². The van der Waals surface area contributed by atoms with Crippen molar-refractivity contribution < 1.29 is 29.4 Å².